The number of anilines is 1. The van der Waals surface area contributed by atoms with E-state index in [1.807, 2.05) is 30.3 Å². The van der Waals surface area contributed by atoms with Gasteiger partial charge in [0.1, 0.15) is 0 Å². The van der Waals surface area contributed by atoms with Gasteiger partial charge in [-0.3, -0.25) is 14.4 Å². The highest BCUT2D eigenvalue weighted by Crippen LogP contribution is 2.26. The molecule has 0 heterocycles. The molecule has 0 aliphatic rings. The molecule has 0 fully saturated rings. The third kappa shape index (κ3) is 5.71. The maximum atomic E-state index is 12.4. The Bertz CT molecular complexity index is 1110. The van der Waals surface area contributed by atoms with E-state index in [0.717, 1.165) is 5.56 Å². The monoisotopic (exact) mass is 450 g/mol. The van der Waals surface area contributed by atoms with E-state index in [1.165, 1.54) is 42.5 Å². The number of benzene rings is 3. The molecule has 0 saturated carbocycles. The number of carbonyl (C=O) groups excluding carboxylic acids is 1. The molecule has 9 heteroatoms. The van der Waals surface area contributed by atoms with E-state index in [9.17, 15) is 13.2 Å². The maximum absolute atomic E-state index is 12.4. The van der Waals surface area contributed by atoms with Gasteiger partial charge in [-0.05, 0) is 48.0 Å². The van der Waals surface area contributed by atoms with Gasteiger partial charge in [0, 0.05) is 11.3 Å². The van der Waals surface area contributed by atoms with Gasteiger partial charge in [-0.15, -0.1) is 0 Å². The standard InChI is InChI=1S/C20H16Cl2N2O4S/c21-18-11-10-17(12-19(18)22)29(26,27)24-16-8-6-15(7-9-16)20(25)23-28-13-14-4-2-1-3-5-14/h1-12,24H,13H2,(H,23,25). The lowest BCUT2D eigenvalue weighted by molar-refractivity contribution is 0.0233. The Hall–Kier alpha value is -2.58. The Labute approximate surface area is 178 Å². The smallest absolute Gasteiger partial charge is 0.274 e. The molecule has 3 aromatic carbocycles. The van der Waals surface area contributed by atoms with Crippen LogP contribution in [0.5, 0.6) is 0 Å². The van der Waals surface area contributed by atoms with Gasteiger partial charge in [-0.2, -0.15) is 0 Å². The van der Waals surface area contributed by atoms with E-state index in [0.29, 0.717) is 5.56 Å². The Balaban J connectivity index is 1.60. The third-order valence-corrected chi connectivity index (χ3v) is 5.97. The number of halogens is 2. The summed E-state index contributed by atoms with van der Waals surface area (Å²) >= 11 is 11.7. The van der Waals surface area contributed by atoms with E-state index < -0.39 is 15.9 Å². The van der Waals surface area contributed by atoms with Crippen molar-refractivity contribution in [1.82, 2.24) is 5.48 Å². The molecule has 1 amide bonds. The summed E-state index contributed by atoms with van der Waals surface area (Å²) in [4.78, 5) is 17.3. The number of carbonyl (C=O) groups is 1. The predicted octanol–water partition coefficient (Wildman–Crippen LogP) is 4.66. The van der Waals surface area contributed by atoms with Crippen LogP contribution in [0.1, 0.15) is 15.9 Å². The van der Waals surface area contributed by atoms with E-state index in [4.69, 9.17) is 28.0 Å². The van der Waals surface area contributed by atoms with Crippen LogP contribution in [0.25, 0.3) is 0 Å². The first-order chi connectivity index (χ1) is 13.8. The minimum Gasteiger partial charge on any atom is -0.280 e. The van der Waals surface area contributed by atoms with Gasteiger partial charge in [-0.25, -0.2) is 13.9 Å². The number of amides is 1. The van der Waals surface area contributed by atoms with Gasteiger partial charge in [0.05, 0.1) is 21.5 Å². The van der Waals surface area contributed by atoms with E-state index >= 15 is 0 Å². The maximum Gasteiger partial charge on any atom is 0.274 e. The molecule has 0 spiro atoms. The lowest BCUT2D eigenvalue weighted by Crippen LogP contribution is -2.23. The highest BCUT2D eigenvalue weighted by molar-refractivity contribution is 7.92. The fraction of sp³-hybridized carbons (Fsp3) is 0.0500. The number of hydrogen-bond acceptors (Lipinski definition) is 4. The van der Waals surface area contributed by atoms with Crippen molar-refractivity contribution in [1.29, 1.82) is 0 Å². The van der Waals surface area contributed by atoms with Crippen LogP contribution in [0, 0.1) is 0 Å². The van der Waals surface area contributed by atoms with Crippen molar-refractivity contribution in [3.63, 3.8) is 0 Å². The third-order valence-electron chi connectivity index (χ3n) is 3.85. The second-order valence-electron chi connectivity index (χ2n) is 5.96. The molecule has 2 N–H and O–H groups in total. The van der Waals surface area contributed by atoms with Crippen LogP contribution in [-0.2, 0) is 21.5 Å². The summed E-state index contributed by atoms with van der Waals surface area (Å²) in [6.07, 6.45) is 0. The summed E-state index contributed by atoms with van der Waals surface area (Å²) in [5.74, 6) is -0.445. The van der Waals surface area contributed by atoms with E-state index in [1.54, 1.807) is 0 Å². The van der Waals surface area contributed by atoms with Crippen LogP contribution in [0.2, 0.25) is 10.0 Å². The molecular weight excluding hydrogens is 435 g/mol. The second-order valence-corrected chi connectivity index (χ2v) is 8.46. The topological polar surface area (TPSA) is 84.5 Å². The average molecular weight is 451 g/mol. The highest BCUT2D eigenvalue weighted by atomic mass is 35.5. The van der Waals surface area contributed by atoms with E-state index in [2.05, 4.69) is 10.2 Å². The van der Waals surface area contributed by atoms with Crippen LogP contribution in [0.4, 0.5) is 5.69 Å². The number of rotatable bonds is 7. The van der Waals surface area contributed by atoms with Crippen LogP contribution in [0.15, 0.2) is 77.7 Å². The zero-order valence-corrected chi connectivity index (χ0v) is 17.3. The van der Waals surface area contributed by atoms with Crippen molar-refractivity contribution in [3.05, 3.63) is 94.0 Å². The molecule has 29 heavy (non-hydrogen) atoms. The summed E-state index contributed by atoms with van der Waals surface area (Å²) in [5.41, 5.74) is 3.87. The Morgan fingerprint density at radius 3 is 2.24 bits per heavy atom. The summed E-state index contributed by atoms with van der Waals surface area (Å²) in [5, 5.41) is 0.396. The van der Waals surface area contributed by atoms with Crippen LogP contribution < -0.4 is 10.2 Å². The first-order valence-corrected chi connectivity index (χ1v) is 10.6. The molecule has 150 valence electrons. The molecule has 0 aliphatic carbocycles. The molecule has 0 radical (unpaired) electrons. The second kappa shape index (κ2) is 9.28. The van der Waals surface area contributed by atoms with Crippen molar-refractivity contribution in [2.45, 2.75) is 11.5 Å². The van der Waals surface area contributed by atoms with Crippen molar-refractivity contribution < 1.29 is 18.0 Å². The minimum absolute atomic E-state index is 0.0250. The molecular formula is C20H16Cl2N2O4S. The van der Waals surface area contributed by atoms with Crippen LogP contribution in [-0.4, -0.2) is 14.3 Å². The average Bonchev–Trinajstić information content (AvgIpc) is 2.71. The molecule has 3 rings (SSSR count). The van der Waals surface area contributed by atoms with Gasteiger partial charge < -0.3 is 0 Å². The van der Waals surface area contributed by atoms with Gasteiger partial charge in [0.15, 0.2) is 0 Å². The molecule has 6 nitrogen and oxygen atoms in total. The van der Waals surface area contributed by atoms with Crippen molar-refractivity contribution in [3.8, 4) is 0 Å². The molecule has 0 unspecified atom stereocenters. The molecule has 0 atom stereocenters. The zero-order valence-electron chi connectivity index (χ0n) is 14.9. The number of hydrogen-bond donors (Lipinski definition) is 2. The van der Waals surface area contributed by atoms with E-state index in [-0.39, 0.29) is 27.2 Å². The first-order valence-electron chi connectivity index (χ1n) is 8.39. The fourth-order valence-corrected chi connectivity index (χ4v) is 3.81. The van der Waals surface area contributed by atoms with Crippen molar-refractivity contribution >= 4 is 44.8 Å². The summed E-state index contributed by atoms with van der Waals surface area (Å²) < 4.78 is 27.3. The Morgan fingerprint density at radius 2 is 1.59 bits per heavy atom. The molecule has 0 bridgehead atoms. The van der Waals surface area contributed by atoms with Gasteiger partial charge in [-0.1, -0.05) is 53.5 Å². The quantitative estimate of drug-likeness (QED) is 0.512. The number of nitrogens with one attached hydrogen (secondary N) is 2. The SMILES string of the molecule is O=C(NOCc1ccccc1)c1ccc(NS(=O)(=O)c2ccc(Cl)c(Cl)c2)cc1. The molecule has 3 aromatic rings. The first kappa shape index (κ1) is 21.1. The van der Waals surface area contributed by atoms with Crippen LogP contribution >= 0.6 is 23.2 Å². The van der Waals surface area contributed by atoms with Crippen molar-refractivity contribution in [2.75, 3.05) is 4.72 Å². The lowest BCUT2D eigenvalue weighted by atomic mass is 10.2. The molecule has 0 aliphatic heterocycles. The largest absolute Gasteiger partial charge is 0.280 e. The van der Waals surface area contributed by atoms with Crippen LogP contribution in [0.3, 0.4) is 0 Å². The van der Waals surface area contributed by atoms with Gasteiger partial charge in [0.25, 0.3) is 15.9 Å². The van der Waals surface area contributed by atoms with Gasteiger partial charge in [0.2, 0.25) is 0 Å². The number of hydroxylamine groups is 1. The Kier molecular flexibility index (Phi) is 6.76. The number of sulfonamides is 1. The predicted molar refractivity (Wildman–Crippen MR) is 112 cm³/mol. The summed E-state index contributed by atoms with van der Waals surface area (Å²) in [6.45, 7) is 0.230. The minimum atomic E-state index is -3.85. The lowest BCUT2D eigenvalue weighted by Gasteiger charge is -2.10. The molecule has 0 aromatic heterocycles. The summed E-state index contributed by atoms with van der Waals surface area (Å²) in [6, 6.07) is 19.3. The Morgan fingerprint density at radius 1 is 0.897 bits per heavy atom. The molecule has 0 saturated heterocycles. The highest BCUT2D eigenvalue weighted by Gasteiger charge is 2.16. The fourth-order valence-electron chi connectivity index (χ4n) is 2.37. The van der Waals surface area contributed by atoms with Crippen molar-refractivity contribution in [2.24, 2.45) is 0 Å². The summed E-state index contributed by atoms with van der Waals surface area (Å²) in [7, 11) is -3.85. The zero-order chi connectivity index (χ0) is 20.9. The normalized spacial score (nSPS) is 11.1. The van der Waals surface area contributed by atoms with Gasteiger partial charge >= 0.3 is 0 Å².